The summed E-state index contributed by atoms with van der Waals surface area (Å²) in [6.07, 6.45) is 0.505. The molecule has 0 aliphatic heterocycles. The molecule has 0 bridgehead atoms. The van der Waals surface area contributed by atoms with Crippen molar-refractivity contribution in [2.45, 2.75) is 19.1 Å². The average Bonchev–Trinajstić information content (AvgIpc) is 2.37. The van der Waals surface area contributed by atoms with E-state index in [1.54, 1.807) is 0 Å². The fraction of sp³-hybridized carbons (Fsp3) is 0.571. The molecular weight excluding hydrogens is 228 g/mol. The molecular formula is C14H24N2O2. The van der Waals surface area contributed by atoms with E-state index in [9.17, 15) is 5.11 Å². The molecule has 0 aromatic heterocycles. The predicted molar refractivity (Wildman–Crippen MR) is 73.3 cm³/mol. The fourth-order valence-electron chi connectivity index (χ4n) is 1.75. The predicted octanol–water partition coefficient (Wildman–Crippen LogP) is 0.845. The Balaban J connectivity index is 2.11. The standard InChI is InChI=1S/C14H24N2O2/c1-16(9-5-8-15)10-14(17)12-18-11-13-6-3-2-4-7-13/h2-4,6-7,14,17H,5,8-12,15H2,1H3. The molecule has 0 spiro atoms. The Hall–Kier alpha value is -0.940. The Morgan fingerprint density at radius 2 is 2.06 bits per heavy atom. The van der Waals surface area contributed by atoms with Gasteiger partial charge in [-0.3, -0.25) is 0 Å². The number of hydrogen-bond acceptors (Lipinski definition) is 4. The van der Waals surface area contributed by atoms with E-state index in [1.165, 1.54) is 0 Å². The second-order valence-corrected chi connectivity index (χ2v) is 4.56. The van der Waals surface area contributed by atoms with Gasteiger partial charge >= 0.3 is 0 Å². The van der Waals surface area contributed by atoms with Crippen molar-refractivity contribution >= 4 is 0 Å². The number of aliphatic hydroxyl groups is 1. The van der Waals surface area contributed by atoms with Crippen molar-refractivity contribution in [2.24, 2.45) is 5.73 Å². The Morgan fingerprint density at radius 1 is 1.33 bits per heavy atom. The molecule has 4 nitrogen and oxygen atoms in total. The second kappa shape index (κ2) is 9.05. The zero-order valence-corrected chi connectivity index (χ0v) is 11.1. The largest absolute Gasteiger partial charge is 0.389 e. The molecule has 0 radical (unpaired) electrons. The average molecular weight is 252 g/mol. The normalized spacial score (nSPS) is 12.9. The first kappa shape index (κ1) is 15.1. The molecule has 1 aromatic carbocycles. The van der Waals surface area contributed by atoms with Gasteiger partial charge in [-0.2, -0.15) is 0 Å². The van der Waals surface area contributed by atoms with Crippen LogP contribution in [0.15, 0.2) is 30.3 Å². The summed E-state index contributed by atoms with van der Waals surface area (Å²) in [4.78, 5) is 2.07. The summed E-state index contributed by atoms with van der Waals surface area (Å²) in [7, 11) is 1.98. The van der Waals surface area contributed by atoms with Crippen molar-refractivity contribution in [1.29, 1.82) is 0 Å². The molecule has 0 saturated carbocycles. The van der Waals surface area contributed by atoms with E-state index < -0.39 is 6.10 Å². The molecule has 4 heteroatoms. The lowest BCUT2D eigenvalue weighted by atomic mass is 10.2. The lowest BCUT2D eigenvalue weighted by molar-refractivity contribution is 0.0137. The number of nitrogens with zero attached hydrogens (tertiary/aromatic N) is 1. The van der Waals surface area contributed by atoms with Crippen LogP contribution in [0.3, 0.4) is 0 Å². The first-order valence-electron chi connectivity index (χ1n) is 6.40. The molecule has 0 heterocycles. The summed E-state index contributed by atoms with van der Waals surface area (Å²) >= 11 is 0. The van der Waals surface area contributed by atoms with Gasteiger partial charge in [-0.1, -0.05) is 30.3 Å². The van der Waals surface area contributed by atoms with Crippen LogP contribution >= 0.6 is 0 Å². The van der Waals surface area contributed by atoms with Gasteiger partial charge in [-0.25, -0.2) is 0 Å². The molecule has 0 aliphatic rings. The highest BCUT2D eigenvalue weighted by molar-refractivity contribution is 5.13. The highest BCUT2D eigenvalue weighted by atomic mass is 16.5. The molecule has 0 aliphatic carbocycles. The zero-order chi connectivity index (χ0) is 13.2. The first-order valence-corrected chi connectivity index (χ1v) is 6.40. The minimum atomic E-state index is -0.448. The van der Waals surface area contributed by atoms with E-state index in [4.69, 9.17) is 10.5 Å². The first-order chi connectivity index (χ1) is 8.72. The third kappa shape index (κ3) is 6.71. The number of nitrogens with two attached hydrogens (primary N) is 1. The Bertz CT molecular complexity index is 306. The van der Waals surface area contributed by atoms with Crippen molar-refractivity contribution in [3.63, 3.8) is 0 Å². The van der Waals surface area contributed by atoms with Gasteiger partial charge in [0.2, 0.25) is 0 Å². The third-order valence-corrected chi connectivity index (χ3v) is 2.69. The lowest BCUT2D eigenvalue weighted by Gasteiger charge is -2.20. The van der Waals surface area contributed by atoms with E-state index in [2.05, 4.69) is 4.90 Å². The summed E-state index contributed by atoms with van der Waals surface area (Å²) in [5.41, 5.74) is 6.56. The third-order valence-electron chi connectivity index (χ3n) is 2.69. The molecule has 18 heavy (non-hydrogen) atoms. The quantitative estimate of drug-likeness (QED) is 0.684. The molecule has 0 saturated heterocycles. The van der Waals surface area contributed by atoms with Crippen molar-refractivity contribution in [3.8, 4) is 0 Å². The SMILES string of the molecule is CN(CCCN)CC(O)COCc1ccccc1. The van der Waals surface area contributed by atoms with Gasteiger partial charge in [0.25, 0.3) is 0 Å². The van der Waals surface area contributed by atoms with Crippen molar-refractivity contribution < 1.29 is 9.84 Å². The fourth-order valence-corrected chi connectivity index (χ4v) is 1.75. The van der Waals surface area contributed by atoms with Crippen LogP contribution < -0.4 is 5.73 Å². The Kier molecular flexibility index (Phi) is 7.60. The van der Waals surface area contributed by atoms with Gasteiger partial charge in [-0.15, -0.1) is 0 Å². The summed E-state index contributed by atoms with van der Waals surface area (Å²) < 4.78 is 5.49. The van der Waals surface area contributed by atoms with Gasteiger partial charge < -0.3 is 20.5 Å². The molecule has 0 fully saturated rings. The lowest BCUT2D eigenvalue weighted by Crippen LogP contribution is -2.33. The second-order valence-electron chi connectivity index (χ2n) is 4.56. The molecule has 1 unspecified atom stereocenters. The van der Waals surface area contributed by atoms with Crippen molar-refractivity contribution in [2.75, 3.05) is 33.3 Å². The molecule has 1 aromatic rings. The van der Waals surface area contributed by atoms with Gasteiger partial charge in [0.1, 0.15) is 0 Å². The summed E-state index contributed by atoms with van der Waals surface area (Å²) in [6, 6.07) is 9.97. The van der Waals surface area contributed by atoms with E-state index in [0.717, 1.165) is 18.5 Å². The topological polar surface area (TPSA) is 58.7 Å². The highest BCUT2D eigenvalue weighted by Crippen LogP contribution is 2.01. The molecule has 102 valence electrons. The van der Waals surface area contributed by atoms with Crippen LogP contribution in [0, 0.1) is 0 Å². The maximum absolute atomic E-state index is 9.80. The number of rotatable bonds is 9. The Labute approximate surface area is 109 Å². The zero-order valence-electron chi connectivity index (χ0n) is 11.1. The van der Waals surface area contributed by atoms with Gasteiger partial charge in [-0.05, 0) is 32.1 Å². The van der Waals surface area contributed by atoms with Crippen LogP contribution in [0.1, 0.15) is 12.0 Å². The van der Waals surface area contributed by atoms with Gasteiger partial charge in [0, 0.05) is 6.54 Å². The van der Waals surface area contributed by atoms with Gasteiger partial charge in [0.15, 0.2) is 0 Å². The van der Waals surface area contributed by atoms with Crippen molar-refractivity contribution in [3.05, 3.63) is 35.9 Å². The summed E-state index contributed by atoms with van der Waals surface area (Å²) in [5.74, 6) is 0. The van der Waals surface area contributed by atoms with E-state index in [1.807, 2.05) is 37.4 Å². The van der Waals surface area contributed by atoms with Crippen LogP contribution in [-0.4, -0.2) is 49.4 Å². The van der Waals surface area contributed by atoms with Crippen molar-refractivity contribution in [1.82, 2.24) is 4.90 Å². The number of likely N-dealkylation sites (N-methyl/N-ethyl adjacent to an activating group) is 1. The van der Waals surface area contributed by atoms with Crippen LogP contribution in [0.25, 0.3) is 0 Å². The number of ether oxygens (including phenoxy) is 1. The van der Waals surface area contributed by atoms with E-state index >= 15 is 0 Å². The molecule has 0 amide bonds. The number of benzene rings is 1. The number of aliphatic hydroxyl groups excluding tert-OH is 1. The Morgan fingerprint density at radius 3 is 2.72 bits per heavy atom. The van der Waals surface area contributed by atoms with E-state index in [-0.39, 0.29) is 0 Å². The number of hydrogen-bond donors (Lipinski definition) is 2. The monoisotopic (exact) mass is 252 g/mol. The summed E-state index contributed by atoms with van der Waals surface area (Å²) in [5, 5.41) is 9.80. The minimum Gasteiger partial charge on any atom is -0.389 e. The van der Waals surface area contributed by atoms with Crippen LogP contribution in [-0.2, 0) is 11.3 Å². The molecule has 1 atom stereocenters. The van der Waals surface area contributed by atoms with Crippen LogP contribution in [0.5, 0.6) is 0 Å². The maximum Gasteiger partial charge on any atom is 0.0900 e. The smallest absolute Gasteiger partial charge is 0.0900 e. The molecule has 3 N–H and O–H groups in total. The van der Waals surface area contributed by atoms with Gasteiger partial charge in [0.05, 0.1) is 19.3 Å². The highest BCUT2D eigenvalue weighted by Gasteiger charge is 2.08. The summed E-state index contributed by atoms with van der Waals surface area (Å²) in [6.45, 7) is 3.12. The van der Waals surface area contributed by atoms with Crippen LogP contribution in [0.4, 0.5) is 0 Å². The molecule has 1 rings (SSSR count). The van der Waals surface area contributed by atoms with E-state index in [0.29, 0.717) is 26.3 Å². The minimum absolute atomic E-state index is 0.363. The maximum atomic E-state index is 9.80. The van der Waals surface area contributed by atoms with Crippen LogP contribution in [0.2, 0.25) is 0 Å².